The average molecular weight is 539 g/mol. The third-order valence-corrected chi connectivity index (χ3v) is 9.26. The van der Waals surface area contributed by atoms with Crippen molar-refractivity contribution in [3.05, 3.63) is 0 Å². The number of hydrogen-bond acceptors (Lipinski definition) is 4. The predicted octanol–water partition coefficient (Wildman–Crippen LogP) is 8.12. The van der Waals surface area contributed by atoms with Crippen LogP contribution in [-0.4, -0.2) is 97.1 Å². The van der Waals surface area contributed by atoms with E-state index in [4.69, 9.17) is 0 Å². The van der Waals surface area contributed by atoms with Gasteiger partial charge in [0.2, 0.25) is 0 Å². The van der Waals surface area contributed by atoms with Gasteiger partial charge >= 0.3 is 0 Å². The third-order valence-electron chi connectivity index (χ3n) is 9.26. The van der Waals surface area contributed by atoms with E-state index >= 15 is 0 Å². The molecule has 0 N–H and O–H groups in total. The molecule has 0 aromatic carbocycles. The monoisotopic (exact) mass is 539 g/mol. The Morgan fingerprint density at radius 3 is 1.47 bits per heavy atom. The second kappa shape index (κ2) is 23.5. The van der Waals surface area contributed by atoms with Crippen LogP contribution in [0.1, 0.15) is 128 Å². The van der Waals surface area contributed by atoms with E-state index in [1.165, 1.54) is 117 Å². The Balaban J connectivity index is 0.000000603. The summed E-state index contributed by atoms with van der Waals surface area (Å²) in [7, 11) is 0. The normalized spacial score (nSPS) is 25.9. The van der Waals surface area contributed by atoms with Crippen LogP contribution < -0.4 is 0 Å². The van der Waals surface area contributed by atoms with E-state index in [1.807, 2.05) is 41.5 Å². The molecule has 2 atom stereocenters. The van der Waals surface area contributed by atoms with Gasteiger partial charge in [-0.2, -0.15) is 0 Å². The molecule has 0 aromatic rings. The zero-order valence-electron chi connectivity index (χ0n) is 28.4. The fraction of sp³-hybridized carbons (Fsp3) is 1.00. The minimum atomic E-state index is 0.739. The molecular weight excluding hydrogens is 464 g/mol. The van der Waals surface area contributed by atoms with Crippen LogP contribution in [0.25, 0.3) is 0 Å². The molecule has 0 aliphatic carbocycles. The lowest BCUT2D eigenvalue weighted by Gasteiger charge is -2.38. The second-order valence-corrected chi connectivity index (χ2v) is 11.6. The maximum Gasteiger partial charge on any atom is 0.0120 e. The Labute approximate surface area is 242 Å². The fourth-order valence-electron chi connectivity index (χ4n) is 6.56. The van der Waals surface area contributed by atoms with Crippen molar-refractivity contribution in [2.75, 3.05) is 65.4 Å². The summed E-state index contributed by atoms with van der Waals surface area (Å²) < 4.78 is 0. The molecule has 4 heteroatoms. The van der Waals surface area contributed by atoms with Gasteiger partial charge in [0, 0.05) is 31.7 Å². The van der Waals surface area contributed by atoms with Crippen molar-refractivity contribution in [2.24, 2.45) is 17.8 Å². The highest BCUT2D eigenvalue weighted by Crippen LogP contribution is 2.26. The molecule has 2 unspecified atom stereocenters. The van der Waals surface area contributed by atoms with Crippen LogP contribution in [0.4, 0.5) is 0 Å². The average Bonchev–Trinajstić information content (AvgIpc) is 3.67. The van der Waals surface area contributed by atoms with Gasteiger partial charge in [0.1, 0.15) is 0 Å². The van der Waals surface area contributed by atoms with E-state index < -0.39 is 0 Å². The zero-order chi connectivity index (χ0) is 28.9. The van der Waals surface area contributed by atoms with Crippen molar-refractivity contribution in [3.8, 4) is 0 Å². The van der Waals surface area contributed by atoms with E-state index in [0.29, 0.717) is 0 Å². The van der Waals surface area contributed by atoms with Crippen molar-refractivity contribution in [3.63, 3.8) is 0 Å². The molecule has 4 nitrogen and oxygen atoms in total. The van der Waals surface area contributed by atoms with Crippen LogP contribution in [0.2, 0.25) is 0 Å². The first-order valence-corrected chi connectivity index (χ1v) is 17.4. The number of nitrogens with zero attached hydrogens (tertiary/aromatic N) is 4. The molecule has 230 valence electrons. The predicted molar refractivity (Wildman–Crippen MR) is 173 cm³/mol. The van der Waals surface area contributed by atoms with E-state index in [-0.39, 0.29) is 0 Å². The molecule has 0 radical (unpaired) electrons. The SMILES string of the molecule is CC.CC.CC.CCC1CCN(C2CCN(C(C)C)CC2)C1.CCC1CCN(CC2CCN(CC)CC2)C1. The summed E-state index contributed by atoms with van der Waals surface area (Å²) in [5.74, 6) is 2.97. The molecule has 4 saturated heterocycles. The van der Waals surface area contributed by atoms with Gasteiger partial charge in [-0.1, -0.05) is 75.2 Å². The number of hydrogen-bond donors (Lipinski definition) is 0. The highest BCUT2D eigenvalue weighted by molar-refractivity contribution is 4.86. The van der Waals surface area contributed by atoms with E-state index in [0.717, 1.165) is 29.8 Å². The zero-order valence-corrected chi connectivity index (χ0v) is 28.4. The smallest absolute Gasteiger partial charge is 0.0120 e. The highest BCUT2D eigenvalue weighted by atomic mass is 15.2. The van der Waals surface area contributed by atoms with Crippen LogP contribution in [-0.2, 0) is 0 Å². The molecule has 0 saturated carbocycles. The van der Waals surface area contributed by atoms with Crippen LogP contribution in [0.15, 0.2) is 0 Å². The largest absolute Gasteiger partial charge is 0.304 e. The standard InChI is InChI=1S/2C14H28N2.3C2H6/c1-4-13-5-8-16(11-13)14-6-9-15(10-7-14)12(2)3;1-3-13-5-10-16(11-13)12-14-6-8-15(4-2)9-7-14;3*1-2/h12-14H,4-11H2,1-3H3;13-14H,3-12H2,1-2H3;3*1-2H3. The molecule has 0 spiro atoms. The quantitative estimate of drug-likeness (QED) is 0.324. The summed E-state index contributed by atoms with van der Waals surface area (Å²) in [4.78, 5) is 10.7. The molecule has 4 aliphatic rings. The molecule has 0 bridgehead atoms. The van der Waals surface area contributed by atoms with Gasteiger partial charge < -0.3 is 19.6 Å². The summed E-state index contributed by atoms with van der Waals surface area (Å²) in [5, 5.41) is 0. The fourth-order valence-corrected chi connectivity index (χ4v) is 6.56. The first-order chi connectivity index (χ1) is 18.5. The Bertz CT molecular complexity index is 495. The van der Waals surface area contributed by atoms with Crippen molar-refractivity contribution < 1.29 is 0 Å². The minimum Gasteiger partial charge on any atom is -0.304 e. The summed E-state index contributed by atoms with van der Waals surface area (Å²) in [6, 6.07) is 1.63. The maximum absolute atomic E-state index is 2.77. The van der Waals surface area contributed by atoms with Crippen LogP contribution >= 0.6 is 0 Å². The van der Waals surface area contributed by atoms with Crippen LogP contribution in [0.5, 0.6) is 0 Å². The molecule has 4 rings (SSSR count). The number of likely N-dealkylation sites (tertiary alicyclic amines) is 4. The molecular formula is C34H74N4. The molecule has 4 fully saturated rings. The second-order valence-electron chi connectivity index (χ2n) is 11.6. The van der Waals surface area contributed by atoms with Crippen LogP contribution in [0, 0.1) is 17.8 Å². The van der Waals surface area contributed by atoms with Gasteiger partial charge in [0.15, 0.2) is 0 Å². The van der Waals surface area contributed by atoms with Crippen LogP contribution in [0.3, 0.4) is 0 Å². The van der Waals surface area contributed by atoms with Gasteiger partial charge in [0.25, 0.3) is 0 Å². The Morgan fingerprint density at radius 1 is 0.553 bits per heavy atom. The highest BCUT2D eigenvalue weighted by Gasteiger charge is 2.30. The van der Waals surface area contributed by atoms with Gasteiger partial charge in [-0.3, -0.25) is 0 Å². The number of rotatable bonds is 7. The Morgan fingerprint density at radius 2 is 1.03 bits per heavy atom. The van der Waals surface area contributed by atoms with Gasteiger partial charge in [-0.25, -0.2) is 0 Å². The van der Waals surface area contributed by atoms with Crippen molar-refractivity contribution in [1.29, 1.82) is 0 Å². The lowest BCUT2D eigenvalue weighted by molar-refractivity contribution is 0.105. The summed E-state index contributed by atoms with van der Waals surface area (Å²) in [6.45, 7) is 37.0. The Hall–Kier alpha value is -0.160. The van der Waals surface area contributed by atoms with Gasteiger partial charge in [0.05, 0.1) is 0 Å². The molecule has 4 aliphatic heterocycles. The lowest BCUT2D eigenvalue weighted by Crippen LogP contribution is -2.46. The van der Waals surface area contributed by atoms with Gasteiger partial charge in [-0.15, -0.1) is 0 Å². The molecule has 38 heavy (non-hydrogen) atoms. The first-order valence-electron chi connectivity index (χ1n) is 17.4. The lowest BCUT2D eigenvalue weighted by atomic mass is 9.96. The summed E-state index contributed by atoms with van der Waals surface area (Å²) in [5.41, 5.74) is 0. The van der Waals surface area contributed by atoms with Gasteiger partial charge in [-0.05, 0) is 116 Å². The van der Waals surface area contributed by atoms with Crippen molar-refractivity contribution in [2.45, 2.75) is 140 Å². The first kappa shape index (κ1) is 37.8. The topological polar surface area (TPSA) is 13.0 Å². The molecule has 0 aromatic heterocycles. The van der Waals surface area contributed by atoms with E-state index in [1.54, 1.807) is 0 Å². The summed E-state index contributed by atoms with van der Waals surface area (Å²) >= 11 is 0. The third kappa shape index (κ3) is 14.0. The number of piperidine rings is 2. The maximum atomic E-state index is 2.77. The van der Waals surface area contributed by atoms with E-state index in [2.05, 4.69) is 54.2 Å². The minimum absolute atomic E-state index is 0.739. The molecule has 4 heterocycles. The Kier molecular flexibility index (Phi) is 23.4. The van der Waals surface area contributed by atoms with Crippen molar-refractivity contribution in [1.82, 2.24) is 19.6 Å². The van der Waals surface area contributed by atoms with E-state index in [9.17, 15) is 0 Å². The van der Waals surface area contributed by atoms with Crippen molar-refractivity contribution >= 4 is 0 Å². The summed E-state index contributed by atoms with van der Waals surface area (Å²) in [6.07, 6.45) is 11.3. The molecule has 0 amide bonds.